The fourth-order valence-corrected chi connectivity index (χ4v) is 2.07. The van der Waals surface area contributed by atoms with Crippen molar-refractivity contribution in [3.05, 3.63) is 35.2 Å². The summed E-state index contributed by atoms with van der Waals surface area (Å²) in [7, 11) is 0. The van der Waals surface area contributed by atoms with E-state index in [1.165, 1.54) is 0 Å². The number of carbonyl (C=O) groups is 1. The average Bonchev–Trinajstić information content (AvgIpc) is 2.27. The molecule has 1 saturated heterocycles. The zero-order valence-corrected chi connectivity index (χ0v) is 10.6. The van der Waals surface area contributed by atoms with Crippen LogP contribution in [0.15, 0.2) is 18.2 Å². The summed E-state index contributed by atoms with van der Waals surface area (Å²) in [5.41, 5.74) is 4.20. The van der Waals surface area contributed by atoms with Crippen LogP contribution in [0.1, 0.15) is 28.2 Å². The van der Waals surface area contributed by atoms with Gasteiger partial charge in [0.05, 0.1) is 22.4 Å². The summed E-state index contributed by atoms with van der Waals surface area (Å²) in [6.07, 6.45) is 1.11. The summed E-state index contributed by atoms with van der Waals surface area (Å²) >= 11 is 0. The van der Waals surface area contributed by atoms with Gasteiger partial charge in [-0.3, -0.25) is 4.79 Å². The van der Waals surface area contributed by atoms with Crippen molar-refractivity contribution in [2.24, 2.45) is 0 Å². The molecule has 0 aliphatic carbocycles. The number of rotatable bonds is 1. The number of likely N-dealkylation sites (tertiary alicyclic amines) is 1. The van der Waals surface area contributed by atoms with Crippen molar-refractivity contribution in [3.63, 3.8) is 0 Å². The van der Waals surface area contributed by atoms with E-state index >= 15 is 0 Å². The van der Waals surface area contributed by atoms with E-state index in [1.807, 2.05) is 36.9 Å². The molecule has 0 saturated carbocycles. The minimum absolute atomic E-state index is 0.100. The van der Waals surface area contributed by atoms with E-state index in [4.69, 9.17) is 0 Å². The molecule has 4 nitrogen and oxygen atoms in total. The summed E-state index contributed by atoms with van der Waals surface area (Å²) in [6, 6.07) is 5.56. The molecule has 1 fully saturated rings. The highest BCUT2D eigenvalue weighted by atomic mass is 16.2. The average molecular weight is 241 g/mol. The van der Waals surface area contributed by atoms with Gasteiger partial charge in [0.1, 0.15) is 0 Å². The molecule has 0 N–H and O–H groups in total. The van der Waals surface area contributed by atoms with Gasteiger partial charge in [0, 0.05) is 18.7 Å². The second-order valence-electron chi connectivity index (χ2n) is 4.74. The van der Waals surface area contributed by atoms with Crippen molar-refractivity contribution in [2.75, 3.05) is 13.1 Å². The van der Waals surface area contributed by atoms with Crippen LogP contribution in [-0.4, -0.2) is 33.9 Å². The molecule has 2 aromatic rings. The molecule has 3 rings (SSSR count). The number of carbonyl (C=O) groups excluding carboxylic acids is 1. The normalized spacial score (nSPS) is 14.7. The lowest BCUT2D eigenvalue weighted by Crippen LogP contribution is -2.41. The van der Waals surface area contributed by atoms with E-state index in [-0.39, 0.29) is 5.91 Å². The number of aromatic nitrogens is 2. The monoisotopic (exact) mass is 241 g/mol. The number of hydrogen-bond donors (Lipinski definition) is 0. The lowest BCUT2D eigenvalue weighted by atomic mass is 10.1. The molecule has 0 unspecified atom stereocenters. The number of nitrogens with zero attached hydrogens (tertiary/aromatic N) is 3. The highest BCUT2D eigenvalue weighted by molar-refractivity contribution is 5.97. The van der Waals surface area contributed by atoms with Gasteiger partial charge in [0.15, 0.2) is 0 Å². The molecule has 2 heterocycles. The number of benzene rings is 1. The maximum absolute atomic E-state index is 12.1. The van der Waals surface area contributed by atoms with E-state index < -0.39 is 0 Å². The molecule has 1 aliphatic heterocycles. The minimum Gasteiger partial charge on any atom is -0.339 e. The summed E-state index contributed by atoms with van der Waals surface area (Å²) in [5.74, 6) is 0.100. The number of fused-ring (bicyclic) bond motifs is 1. The summed E-state index contributed by atoms with van der Waals surface area (Å²) < 4.78 is 0. The van der Waals surface area contributed by atoms with E-state index in [2.05, 4.69) is 9.97 Å². The van der Waals surface area contributed by atoms with Crippen LogP contribution in [0.2, 0.25) is 0 Å². The van der Waals surface area contributed by atoms with Crippen molar-refractivity contribution < 1.29 is 4.79 Å². The first kappa shape index (κ1) is 11.1. The molecule has 0 spiro atoms. The first-order chi connectivity index (χ1) is 8.65. The summed E-state index contributed by atoms with van der Waals surface area (Å²) in [4.78, 5) is 22.9. The maximum atomic E-state index is 12.1. The largest absolute Gasteiger partial charge is 0.339 e. The van der Waals surface area contributed by atoms with Crippen LogP contribution in [-0.2, 0) is 0 Å². The SMILES string of the molecule is Cc1nc2ccc(C(=O)N3CCC3)cc2nc1C. The Morgan fingerprint density at radius 1 is 1.11 bits per heavy atom. The van der Waals surface area contributed by atoms with Gasteiger partial charge in [-0.05, 0) is 38.5 Å². The van der Waals surface area contributed by atoms with Crippen LogP contribution in [0.4, 0.5) is 0 Å². The van der Waals surface area contributed by atoms with Crippen molar-refractivity contribution in [3.8, 4) is 0 Å². The van der Waals surface area contributed by atoms with Gasteiger partial charge in [-0.1, -0.05) is 0 Å². The molecule has 0 radical (unpaired) electrons. The lowest BCUT2D eigenvalue weighted by Gasteiger charge is -2.30. The Balaban J connectivity index is 2.04. The Hall–Kier alpha value is -1.97. The van der Waals surface area contributed by atoms with Crippen molar-refractivity contribution in [2.45, 2.75) is 20.3 Å². The first-order valence-corrected chi connectivity index (χ1v) is 6.19. The molecule has 18 heavy (non-hydrogen) atoms. The van der Waals surface area contributed by atoms with E-state index in [9.17, 15) is 4.79 Å². The molecule has 92 valence electrons. The Kier molecular flexibility index (Phi) is 2.51. The minimum atomic E-state index is 0.100. The van der Waals surface area contributed by atoms with Gasteiger partial charge in [-0.2, -0.15) is 0 Å². The van der Waals surface area contributed by atoms with Gasteiger partial charge >= 0.3 is 0 Å². The fraction of sp³-hybridized carbons (Fsp3) is 0.357. The highest BCUT2D eigenvalue weighted by Gasteiger charge is 2.21. The zero-order chi connectivity index (χ0) is 12.7. The molecule has 1 aliphatic rings. The van der Waals surface area contributed by atoms with Crippen LogP contribution in [0.3, 0.4) is 0 Å². The van der Waals surface area contributed by atoms with Gasteiger partial charge in [-0.15, -0.1) is 0 Å². The molecular formula is C14H15N3O. The van der Waals surface area contributed by atoms with Crippen molar-refractivity contribution >= 4 is 16.9 Å². The molecule has 1 aromatic heterocycles. The molecular weight excluding hydrogens is 226 g/mol. The Bertz CT molecular complexity index is 632. The quantitative estimate of drug-likeness (QED) is 0.768. The summed E-state index contributed by atoms with van der Waals surface area (Å²) in [5, 5.41) is 0. The van der Waals surface area contributed by atoms with E-state index in [0.717, 1.165) is 41.9 Å². The summed E-state index contributed by atoms with van der Waals surface area (Å²) in [6.45, 7) is 5.62. The third-order valence-electron chi connectivity index (χ3n) is 3.47. The molecule has 1 aromatic carbocycles. The van der Waals surface area contributed by atoms with Crippen molar-refractivity contribution in [1.82, 2.24) is 14.9 Å². The first-order valence-electron chi connectivity index (χ1n) is 6.19. The Morgan fingerprint density at radius 2 is 1.78 bits per heavy atom. The molecule has 4 heteroatoms. The van der Waals surface area contributed by atoms with E-state index in [1.54, 1.807) is 0 Å². The van der Waals surface area contributed by atoms with Gasteiger partial charge in [-0.25, -0.2) is 9.97 Å². The van der Waals surface area contributed by atoms with Crippen molar-refractivity contribution in [1.29, 1.82) is 0 Å². The second kappa shape index (κ2) is 4.05. The smallest absolute Gasteiger partial charge is 0.253 e. The van der Waals surface area contributed by atoms with Crippen LogP contribution in [0.5, 0.6) is 0 Å². The number of aryl methyl sites for hydroxylation is 2. The molecule has 0 atom stereocenters. The van der Waals surface area contributed by atoms with Gasteiger partial charge in [0.25, 0.3) is 5.91 Å². The Morgan fingerprint density at radius 3 is 2.39 bits per heavy atom. The molecule has 0 bridgehead atoms. The van der Waals surface area contributed by atoms with Gasteiger partial charge in [0.2, 0.25) is 0 Å². The second-order valence-corrected chi connectivity index (χ2v) is 4.74. The molecule has 1 amide bonds. The standard InChI is InChI=1S/C14H15N3O/c1-9-10(2)16-13-8-11(4-5-12(13)15-9)14(18)17-6-3-7-17/h4-5,8H,3,6-7H2,1-2H3. The third-order valence-corrected chi connectivity index (χ3v) is 3.47. The van der Waals surface area contributed by atoms with Gasteiger partial charge < -0.3 is 4.90 Å². The lowest BCUT2D eigenvalue weighted by molar-refractivity contribution is 0.0652. The van der Waals surface area contributed by atoms with Crippen LogP contribution in [0.25, 0.3) is 11.0 Å². The van der Waals surface area contributed by atoms with Crippen LogP contribution in [0, 0.1) is 13.8 Å². The van der Waals surface area contributed by atoms with Crippen LogP contribution < -0.4 is 0 Å². The highest BCUT2D eigenvalue weighted by Crippen LogP contribution is 2.17. The Labute approximate surface area is 106 Å². The van der Waals surface area contributed by atoms with Crippen LogP contribution >= 0.6 is 0 Å². The topological polar surface area (TPSA) is 46.1 Å². The predicted molar refractivity (Wildman–Crippen MR) is 69.5 cm³/mol. The maximum Gasteiger partial charge on any atom is 0.253 e. The zero-order valence-electron chi connectivity index (χ0n) is 10.6. The number of hydrogen-bond acceptors (Lipinski definition) is 3. The fourth-order valence-electron chi connectivity index (χ4n) is 2.07. The predicted octanol–water partition coefficient (Wildman–Crippen LogP) is 2.09. The van der Waals surface area contributed by atoms with E-state index in [0.29, 0.717) is 5.56 Å². The number of amides is 1. The third kappa shape index (κ3) is 1.74.